The monoisotopic (exact) mass is 478 g/mol. The fourth-order valence-electron chi connectivity index (χ4n) is 3.01. The van der Waals surface area contributed by atoms with Crippen LogP contribution in [0.3, 0.4) is 0 Å². The van der Waals surface area contributed by atoms with Gasteiger partial charge in [0.05, 0.1) is 23.0 Å². The van der Waals surface area contributed by atoms with Crippen molar-refractivity contribution in [2.75, 3.05) is 18.5 Å². The Kier molecular flexibility index (Phi) is 6.63. The van der Waals surface area contributed by atoms with Gasteiger partial charge in [-0.05, 0) is 30.3 Å². The van der Waals surface area contributed by atoms with E-state index >= 15 is 0 Å². The van der Waals surface area contributed by atoms with E-state index < -0.39 is 11.7 Å². The molecule has 0 saturated carbocycles. The van der Waals surface area contributed by atoms with Crippen LogP contribution in [0.1, 0.15) is 5.56 Å². The summed E-state index contributed by atoms with van der Waals surface area (Å²) in [7, 11) is 0. The van der Waals surface area contributed by atoms with Gasteiger partial charge >= 0.3 is 6.18 Å². The van der Waals surface area contributed by atoms with Crippen molar-refractivity contribution in [3.05, 3.63) is 65.7 Å². The summed E-state index contributed by atoms with van der Waals surface area (Å²) in [5.74, 6) is 0.345. The van der Waals surface area contributed by atoms with E-state index in [2.05, 4.69) is 20.3 Å². The number of benzene rings is 1. The third kappa shape index (κ3) is 5.33. The molecule has 1 N–H and O–H groups in total. The summed E-state index contributed by atoms with van der Waals surface area (Å²) in [5.41, 5.74) is 0.916. The van der Waals surface area contributed by atoms with E-state index in [-0.39, 0.29) is 36.6 Å². The minimum Gasteiger partial charge on any atom is -0.853 e. The molecule has 0 aliphatic heterocycles. The van der Waals surface area contributed by atoms with E-state index in [1.54, 1.807) is 16.8 Å². The van der Waals surface area contributed by atoms with E-state index in [4.69, 9.17) is 21.1 Å². The van der Waals surface area contributed by atoms with Crippen LogP contribution in [0.4, 0.5) is 24.7 Å². The van der Waals surface area contributed by atoms with Crippen molar-refractivity contribution in [3.8, 4) is 11.6 Å². The molecule has 0 atom stereocenters. The van der Waals surface area contributed by atoms with Crippen LogP contribution in [0.25, 0.3) is 11.0 Å². The Labute approximate surface area is 190 Å². The zero-order valence-electron chi connectivity index (χ0n) is 16.8. The highest BCUT2D eigenvalue weighted by Crippen LogP contribution is 2.35. The SMILES string of the molecule is [O-]CCOCn1ccc2ncnc(Nc3cnc(Oc4cccc(C(F)(F)F)c4)c(Cl)c3)c21. The molecular formula is C21H16ClF3N5O3-. The summed E-state index contributed by atoms with van der Waals surface area (Å²) < 4.78 is 51.2. The molecule has 0 unspecified atom stereocenters. The van der Waals surface area contributed by atoms with Crippen molar-refractivity contribution < 1.29 is 27.8 Å². The van der Waals surface area contributed by atoms with Gasteiger partial charge in [0.25, 0.3) is 0 Å². The topological polar surface area (TPSA) is 97.2 Å². The van der Waals surface area contributed by atoms with Crippen LogP contribution in [0, 0.1) is 0 Å². The van der Waals surface area contributed by atoms with E-state index in [1.165, 1.54) is 30.7 Å². The lowest BCUT2D eigenvalue weighted by Gasteiger charge is -2.13. The minimum absolute atomic E-state index is 0.0478. The molecule has 8 nitrogen and oxygen atoms in total. The first-order valence-corrected chi connectivity index (χ1v) is 9.96. The van der Waals surface area contributed by atoms with Crippen molar-refractivity contribution in [2.45, 2.75) is 12.9 Å². The number of halogens is 4. The second-order valence-corrected chi connectivity index (χ2v) is 7.15. The third-order valence-corrected chi connectivity index (χ3v) is 4.73. The molecule has 3 aromatic heterocycles. The first-order chi connectivity index (χ1) is 15.8. The molecule has 0 spiro atoms. The fraction of sp³-hybridized carbons (Fsp3) is 0.190. The lowest BCUT2D eigenvalue weighted by atomic mass is 10.2. The number of nitrogens with one attached hydrogen (secondary N) is 1. The van der Waals surface area contributed by atoms with Gasteiger partial charge in [-0.3, -0.25) is 0 Å². The summed E-state index contributed by atoms with van der Waals surface area (Å²) in [5, 5.41) is 13.8. The van der Waals surface area contributed by atoms with Crippen molar-refractivity contribution in [2.24, 2.45) is 0 Å². The molecule has 1 aromatic carbocycles. The van der Waals surface area contributed by atoms with Gasteiger partial charge in [-0.25, -0.2) is 15.0 Å². The van der Waals surface area contributed by atoms with Gasteiger partial charge in [0.15, 0.2) is 5.82 Å². The fourth-order valence-corrected chi connectivity index (χ4v) is 3.21. The Morgan fingerprint density at radius 3 is 2.73 bits per heavy atom. The first-order valence-electron chi connectivity index (χ1n) is 9.58. The molecule has 172 valence electrons. The summed E-state index contributed by atoms with van der Waals surface area (Å²) in [6.07, 6.45) is 0.0507. The Morgan fingerprint density at radius 2 is 1.97 bits per heavy atom. The molecule has 0 radical (unpaired) electrons. The predicted molar refractivity (Wildman–Crippen MR) is 112 cm³/mol. The van der Waals surface area contributed by atoms with Gasteiger partial charge in [-0.2, -0.15) is 13.2 Å². The summed E-state index contributed by atoms with van der Waals surface area (Å²) >= 11 is 6.25. The maximum absolute atomic E-state index is 12.9. The number of nitrogens with zero attached hydrogens (tertiary/aromatic N) is 4. The predicted octanol–water partition coefficient (Wildman–Crippen LogP) is 4.37. The molecule has 4 rings (SSSR count). The Bertz CT molecular complexity index is 1270. The van der Waals surface area contributed by atoms with Gasteiger partial charge in [0.1, 0.15) is 29.3 Å². The summed E-state index contributed by atoms with van der Waals surface area (Å²) in [6.45, 7) is -0.126. The molecule has 33 heavy (non-hydrogen) atoms. The average Bonchev–Trinajstić information content (AvgIpc) is 3.20. The Hall–Kier alpha value is -3.41. The number of rotatable bonds is 8. The average molecular weight is 479 g/mol. The number of pyridine rings is 1. The highest BCUT2D eigenvalue weighted by Gasteiger charge is 2.30. The molecule has 0 aliphatic carbocycles. The highest BCUT2D eigenvalue weighted by atomic mass is 35.5. The minimum atomic E-state index is -4.50. The molecule has 12 heteroatoms. The summed E-state index contributed by atoms with van der Waals surface area (Å²) in [6, 6.07) is 7.70. The molecular weight excluding hydrogens is 463 g/mol. The van der Waals surface area contributed by atoms with Gasteiger partial charge in [0.2, 0.25) is 5.88 Å². The maximum atomic E-state index is 12.9. The van der Waals surface area contributed by atoms with Crippen LogP contribution in [-0.4, -0.2) is 32.7 Å². The molecule has 0 fully saturated rings. The van der Waals surface area contributed by atoms with Gasteiger partial charge in [-0.15, -0.1) is 6.61 Å². The van der Waals surface area contributed by atoms with Gasteiger partial charge < -0.3 is 24.5 Å². The van der Waals surface area contributed by atoms with E-state index in [0.29, 0.717) is 22.5 Å². The normalized spacial score (nSPS) is 11.7. The van der Waals surface area contributed by atoms with Crippen LogP contribution in [0.15, 0.2) is 55.1 Å². The van der Waals surface area contributed by atoms with Crippen molar-refractivity contribution in [1.29, 1.82) is 0 Å². The van der Waals surface area contributed by atoms with Crippen molar-refractivity contribution >= 4 is 34.1 Å². The van der Waals surface area contributed by atoms with Gasteiger partial charge in [-0.1, -0.05) is 17.7 Å². The first kappa shape index (κ1) is 22.8. The second-order valence-electron chi connectivity index (χ2n) is 6.75. The van der Waals surface area contributed by atoms with Crippen LogP contribution in [0.2, 0.25) is 5.02 Å². The van der Waals surface area contributed by atoms with Crippen molar-refractivity contribution in [1.82, 2.24) is 19.5 Å². The zero-order valence-corrected chi connectivity index (χ0v) is 17.6. The van der Waals surface area contributed by atoms with Crippen LogP contribution >= 0.6 is 11.6 Å². The maximum Gasteiger partial charge on any atom is 0.416 e. The van der Waals surface area contributed by atoms with Crippen molar-refractivity contribution in [3.63, 3.8) is 0 Å². The molecule has 0 amide bonds. The van der Waals surface area contributed by atoms with E-state index in [9.17, 15) is 18.3 Å². The number of anilines is 2. The number of aromatic nitrogens is 4. The van der Waals surface area contributed by atoms with E-state index in [0.717, 1.165) is 12.1 Å². The second kappa shape index (κ2) is 9.61. The standard InChI is InChI=1S/C21H16ClF3N5O3/c22-16-9-14(10-26-20(16)33-15-3-1-2-13(8-15)21(23,24)25)29-19-18-17(27-11-28-19)4-5-30(18)12-32-7-6-31/h1-5,8-11H,6-7,12H2,(H,27,28,29)/q-1. The lowest BCUT2D eigenvalue weighted by Crippen LogP contribution is -2.14. The molecule has 0 saturated heterocycles. The number of alkyl halides is 3. The quantitative estimate of drug-likeness (QED) is 0.375. The number of fused-ring (bicyclic) bond motifs is 1. The number of hydrogen-bond donors (Lipinski definition) is 1. The third-order valence-electron chi connectivity index (χ3n) is 4.45. The van der Waals surface area contributed by atoms with E-state index in [1.807, 2.05) is 0 Å². The van der Waals surface area contributed by atoms with Crippen LogP contribution in [-0.2, 0) is 17.6 Å². The van der Waals surface area contributed by atoms with Crippen LogP contribution in [0.5, 0.6) is 11.6 Å². The smallest absolute Gasteiger partial charge is 0.416 e. The largest absolute Gasteiger partial charge is 0.853 e. The zero-order chi connectivity index (χ0) is 23.4. The van der Waals surface area contributed by atoms with Gasteiger partial charge in [0, 0.05) is 12.8 Å². The molecule has 0 aliphatic rings. The number of ether oxygens (including phenoxy) is 2. The van der Waals surface area contributed by atoms with Crippen LogP contribution < -0.4 is 15.2 Å². The lowest BCUT2D eigenvalue weighted by molar-refractivity contribution is -0.375. The Balaban J connectivity index is 1.55. The summed E-state index contributed by atoms with van der Waals surface area (Å²) in [4.78, 5) is 12.6. The Morgan fingerprint density at radius 1 is 1.12 bits per heavy atom. The molecule has 0 bridgehead atoms. The molecule has 3 heterocycles. The highest BCUT2D eigenvalue weighted by molar-refractivity contribution is 6.32. The number of hydrogen-bond acceptors (Lipinski definition) is 7. The molecule has 4 aromatic rings.